The number of fused-ring (bicyclic) bond motifs is 1. The minimum Gasteiger partial charge on any atom is -0.497 e. The normalized spacial score (nSPS) is 14.2. The maximum atomic E-state index is 12.6. The third kappa shape index (κ3) is 4.62. The number of thiazole rings is 1. The van der Waals surface area contributed by atoms with Gasteiger partial charge in [0.15, 0.2) is 9.67 Å². The number of aromatic nitrogens is 1. The number of aliphatic imine (C=N–C) groups is 1. The molecule has 2 aromatic carbocycles. The Morgan fingerprint density at radius 2 is 1.89 bits per heavy atom. The molecule has 36 heavy (non-hydrogen) atoms. The van der Waals surface area contributed by atoms with Crippen molar-refractivity contribution in [2.45, 2.75) is 12.5 Å². The predicted molar refractivity (Wildman–Crippen MR) is 138 cm³/mol. The third-order valence-corrected chi connectivity index (χ3v) is 6.97. The van der Waals surface area contributed by atoms with Crippen LogP contribution in [0, 0.1) is 3.95 Å². The number of esters is 1. The van der Waals surface area contributed by atoms with E-state index in [9.17, 15) is 19.8 Å². The van der Waals surface area contributed by atoms with Gasteiger partial charge in [0.05, 0.1) is 37.5 Å². The second-order valence-corrected chi connectivity index (χ2v) is 9.38. The zero-order valence-corrected chi connectivity index (χ0v) is 21.2. The van der Waals surface area contributed by atoms with Crippen molar-refractivity contribution in [2.75, 3.05) is 21.3 Å². The zero-order chi connectivity index (χ0) is 26.0. The highest BCUT2D eigenvalue weighted by Gasteiger charge is 2.32. The molecule has 1 atom stereocenters. The number of hydrogen-bond donors (Lipinski definition) is 2. The molecule has 0 radical (unpaired) electrons. The van der Waals surface area contributed by atoms with Gasteiger partial charge in [0.25, 0.3) is 0 Å². The molecule has 1 unspecified atom stereocenters. The van der Waals surface area contributed by atoms with E-state index >= 15 is 0 Å². The molecular formula is C25H22N2O7S2. The summed E-state index contributed by atoms with van der Waals surface area (Å²) in [5.41, 5.74) is 2.05. The first kappa shape index (κ1) is 25.1. The number of methoxy groups -OCH3 is 3. The number of hydrogen-bond acceptors (Lipinski definition) is 9. The van der Waals surface area contributed by atoms with Crippen molar-refractivity contribution in [3.8, 4) is 17.4 Å². The molecule has 0 aliphatic carbocycles. The van der Waals surface area contributed by atoms with E-state index in [2.05, 4.69) is 4.99 Å². The van der Waals surface area contributed by atoms with E-state index in [-0.39, 0.29) is 26.8 Å². The van der Waals surface area contributed by atoms with Gasteiger partial charge in [-0.1, -0.05) is 30.3 Å². The van der Waals surface area contributed by atoms with Crippen LogP contribution in [-0.4, -0.2) is 53.8 Å². The first-order valence-electron chi connectivity index (χ1n) is 10.7. The minimum absolute atomic E-state index is 0.00314. The van der Waals surface area contributed by atoms with E-state index in [4.69, 9.17) is 26.4 Å². The summed E-state index contributed by atoms with van der Waals surface area (Å²) in [6.07, 6.45) is 1.65. The molecule has 0 spiro atoms. The van der Waals surface area contributed by atoms with Crippen LogP contribution in [0.5, 0.6) is 17.4 Å². The summed E-state index contributed by atoms with van der Waals surface area (Å²) in [7, 11) is 4.21. The first-order valence-corrected chi connectivity index (χ1v) is 11.9. The lowest BCUT2D eigenvalue weighted by molar-refractivity contribution is -0.141. The van der Waals surface area contributed by atoms with Crippen LogP contribution in [0.2, 0.25) is 0 Å². The average Bonchev–Trinajstić information content (AvgIpc) is 3.38. The van der Waals surface area contributed by atoms with Crippen molar-refractivity contribution >= 4 is 58.5 Å². The van der Waals surface area contributed by atoms with Gasteiger partial charge >= 0.3 is 11.9 Å². The molecule has 0 fully saturated rings. The van der Waals surface area contributed by atoms with Gasteiger partial charge in [0, 0.05) is 24.1 Å². The molecule has 3 aromatic rings. The quantitative estimate of drug-likeness (QED) is 0.321. The highest BCUT2D eigenvalue weighted by molar-refractivity contribution is 7.73. The summed E-state index contributed by atoms with van der Waals surface area (Å²) in [5.74, 6) is -1.28. The topological polar surface area (TPSA) is 120 Å². The number of benzene rings is 2. The van der Waals surface area contributed by atoms with Gasteiger partial charge in [-0.15, -0.1) is 11.3 Å². The lowest BCUT2D eigenvalue weighted by Gasteiger charge is -2.15. The van der Waals surface area contributed by atoms with Crippen molar-refractivity contribution < 1.29 is 34.0 Å². The maximum absolute atomic E-state index is 12.6. The van der Waals surface area contributed by atoms with Crippen LogP contribution < -0.4 is 9.47 Å². The average molecular weight is 527 g/mol. The van der Waals surface area contributed by atoms with E-state index in [1.54, 1.807) is 24.3 Å². The van der Waals surface area contributed by atoms with E-state index in [0.717, 1.165) is 16.9 Å². The van der Waals surface area contributed by atoms with Crippen molar-refractivity contribution in [1.29, 1.82) is 0 Å². The summed E-state index contributed by atoms with van der Waals surface area (Å²) < 4.78 is 17.1. The Kier molecular flexibility index (Phi) is 7.22. The summed E-state index contributed by atoms with van der Waals surface area (Å²) >= 11 is 6.46. The summed E-state index contributed by atoms with van der Waals surface area (Å²) in [6, 6.07) is 11.2. The van der Waals surface area contributed by atoms with Gasteiger partial charge in [-0.2, -0.15) is 0 Å². The number of carbonyl (C=O) groups excluding carboxylic acids is 1. The van der Waals surface area contributed by atoms with Crippen molar-refractivity contribution in [3.05, 3.63) is 62.4 Å². The minimum atomic E-state index is -1.14. The fourth-order valence-corrected chi connectivity index (χ4v) is 5.28. The predicted octanol–water partition coefficient (Wildman–Crippen LogP) is 4.67. The van der Waals surface area contributed by atoms with E-state index in [1.807, 2.05) is 18.2 Å². The third-order valence-electron chi connectivity index (χ3n) is 5.63. The molecule has 2 N–H and O–H groups in total. The highest BCUT2D eigenvalue weighted by Crippen LogP contribution is 2.46. The van der Waals surface area contributed by atoms with Crippen molar-refractivity contribution in [2.24, 2.45) is 4.99 Å². The molecule has 0 saturated heterocycles. The monoisotopic (exact) mass is 526 g/mol. The fourth-order valence-electron chi connectivity index (χ4n) is 3.93. The zero-order valence-electron chi connectivity index (χ0n) is 19.5. The molecule has 0 saturated carbocycles. The number of carbonyl (C=O) groups is 2. The Balaban J connectivity index is 1.86. The van der Waals surface area contributed by atoms with Gasteiger partial charge < -0.3 is 24.4 Å². The molecule has 9 nitrogen and oxygen atoms in total. The van der Waals surface area contributed by atoms with Gasteiger partial charge in [-0.05, 0) is 23.9 Å². The van der Waals surface area contributed by atoms with E-state index in [1.165, 1.54) is 32.0 Å². The van der Waals surface area contributed by atoms with Crippen LogP contribution in [0.4, 0.5) is 5.69 Å². The molecule has 1 aliphatic heterocycles. The fraction of sp³-hybridized carbons (Fsp3) is 0.200. The Hall–Kier alpha value is -3.96. The van der Waals surface area contributed by atoms with Crippen LogP contribution in [0.25, 0.3) is 11.6 Å². The molecule has 0 amide bonds. The molecule has 186 valence electrons. The molecule has 4 rings (SSSR count). The smallest absolute Gasteiger partial charge is 0.357 e. The van der Waals surface area contributed by atoms with Crippen LogP contribution in [0.3, 0.4) is 0 Å². The van der Waals surface area contributed by atoms with E-state index < -0.39 is 18.0 Å². The summed E-state index contributed by atoms with van der Waals surface area (Å²) in [5, 5.41) is 21.0. The molecular weight excluding hydrogens is 504 g/mol. The lowest BCUT2D eigenvalue weighted by atomic mass is 10.0. The number of carboxylic acids is 1. The van der Waals surface area contributed by atoms with Crippen LogP contribution in [0.1, 0.15) is 22.0 Å². The number of aromatic hydroxyl groups is 1. The second kappa shape index (κ2) is 10.3. The van der Waals surface area contributed by atoms with Crippen molar-refractivity contribution in [1.82, 2.24) is 4.57 Å². The van der Waals surface area contributed by atoms with Gasteiger partial charge in [-0.25, -0.2) is 14.6 Å². The standard InChI is InChI=1S/C25H22N2O7S2/c1-32-14-10-16-20(18(11-14)33-2)15(21(26-16)24(31)34-3)12-19-22(28)27(25(35)36-19)17(23(29)30)9-13-7-5-4-6-8-13/h4-8,10-12,17,28H,9H2,1-3H3,(H,29,30)/b15-12+. The first-order chi connectivity index (χ1) is 17.3. The Labute approximate surface area is 215 Å². The van der Waals surface area contributed by atoms with Crippen LogP contribution >= 0.6 is 23.6 Å². The number of carboxylic acid groups (broad SMARTS) is 1. The summed E-state index contributed by atoms with van der Waals surface area (Å²) in [6.45, 7) is 0. The number of nitrogens with zero attached hydrogens (tertiary/aromatic N) is 2. The SMILES string of the molecule is COC(=O)C1=Nc2cc(OC)cc(OC)c2/C1=C\c1sc(=S)n(C(Cc2ccccc2)C(=O)O)c1O. The highest BCUT2D eigenvalue weighted by atomic mass is 32.1. The lowest BCUT2D eigenvalue weighted by Crippen LogP contribution is -2.21. The second-order valence-electron chi connectivity index (χ2n) is 7.70. The number of rotatable bonds is 8. The molecule has 1 aromatic heterocycles. The summed E-state index contributed by atoms with van der Waals surface area (Å²) in [4.78, 5) is 29.4. The van der Waals surface area contributed by atoms with Crippen LogP contribution in [-0.2, 0) is 20.7 Å². The molecule has 2 heterocycles. The van der Waals surface area contributed by atoms with Crippen molar-refractivity contribution in [3.63, 3.8) is 0 Å². The Morgan fingerprint density at radius 1 is 1.17 bits per heavy atom. The van der Waals surface area contributed by atoms with E-state index in [0.29, 0.717) is 28.3 Å². The largest absolute Gasteiger partial charge is 0.497 e. The molecule has 1 aliphatic rings. The Morgan fingerprint density at radius 3 is 2.50 bits per heavy atom. The van der Waals surface area contributed by atoms with Gasteiger partial charge in [-0.3, -0.25) is 4.57 Å². The molecule has 0 bridgehead atoms. The Bertz CT molecular complexity index is 1460. The molecule has 11 heteroatoms. The van der Waals surface area contributed by atoms with Crippen LogP contribution in [0.15, 0.2) is 47.5 Å². The number of aliphatic carboxylic acids is 1. The van der Waals surface area contributed by atoms with Gasteiger partial charge in [0.1, 0.15) is 17.5 Å². The van der Waals surface area contributed by atoms with Gasteiger partial charge in [0.2, 0.25) is 5.88 Å². The maximum Gasteiger partial charge on any atom is 0.357 e. The number of ether oxygens (including phenoxy) is 3.